The molecule has 0 heterocycles. The summed E-state index contributed by atoms with van der Waals surface area (Å²) in [6, 6.07) is 7.19. The van der Waals surface area contributed by atoms with Crippen LogP contribution < -0.4 is 11.1 Å². The van der Waals surface area contributed by atoms with Crippen LogP contribution in [0.2, 0.25) is 0 Å². The van der Waals surface area contributed by atoms with Crippen LogP contribution in [0.5, 0.6) is 0 Å². The van der Waals surface area contributed by atoms with Gasteiger partial charge in [-0.25, -0.2) is 0 Å². The highest BCUT2D eigenvalue weighted by Gasteiger charge is 2.25. The molecular formula is C19H30N2O2. The topological polar surface area (TPSA) is 64.3 Å². The Kier molecular flexibility index (Phi) is 7.06. The molecule has 1 fully saturated rings. The number of hydrogen-bond donors (Lipinski definition) is 2. The molecule has 3 N–H and O–H groups in total. The molecule has 0 aliphatic heterocycles. The standard InChI is InChI=1S/C19H30N2O2/c1-3-23-17(15-6-4-5-7-15)12-13-21-19(22)18(20)16-10-8-14(2)9-11-16/h8-11,15,17-18H,3-7,12-13,20H2,1-2H3,(H,21,22). The Bertz CT molecular complexity index is 481. The van der Waals surface area contributed by atoms with Crippen LogP contribution in [0.4, 0.5) is 0 Å². The molecule has 1 amide bonds. The molecule has 2 rings (SSSR count). The highest BCUT2D eigenvalue weighted by atomic mass is 16.5. The maximum Gasteiger partial charge on any atom is 0.241 e. The van der Waals surface area contributed by atoms with E-state index in [-0.39, 0.29) is 12.0 Å². The quantitative estimate of drug-likeness (QED) is 0.774. The molecule has 2 atom stereocenters. The van der Waals surface area contributed by atoms with Gasteiger partial charge < -0.3 is 15.8 Å². The summed E-state index contributed by atoms with van der Waals surface area (Å²) in [5.41, 5.74) is 8.06. The number of carbonyl (C=O) groups excluding carboxylic acids is 1. The molecule has 0 aromatic heterocycles. The Balaban J connectivity index is 1.79. The van der Waals surface area contributed by atoms with E-state index < -0.39 is 6.04 Å². The summed E-state index contributed by atoms with van der Waals surface area (Å²) >= 11 is 0. The second-order valence-electron chi connectivity index (χ2n) is 6.51. The van der Waals surface area contributed by atoms with Crippen molar-refractivity contribution >= 4 is 5.91 Å². The van der Waals surface area contributed by atoms with Gasteiger partial charge in [0.05, 0.1) is 6.10 Å². The summed E-state index contributed by atoms with van der Waals surface area (Å²) in [6.07, 6.45) is 6.24. The second-order valence-corrected chi connectivity index (χ2v) is 6.51. The van der Waals surface area contributed by atoms with Crippen molar-refractivity contribution in [3.05, 3.63) is 35.4 Å². The van der Waals surface area contributed by atoms with Gasteiger partial charge in [0.1, 0.15) is 6.04 Å². The molecule has 0 radical (unpaired) electrons. The number of ether oxygens (including phenoxy) is 1. The minimum Gasteiger partial charge on any atom is -0.378 e. The normalized spacial score (nSPS) is 17.9. The first-order chi connectivity index (χ1) is 11.1. The van der Waals surface area contributed by atoms with Gasteiger partial charge in [0, 0.05) is 13.2 Å². The van der Waals surface area contributed by atoms with E-state index in [4.69, 9.17) is 10.5 Å². The summed E-state index contributed by atoms with van der Waals surface area (Å²) < 4.78 is 5.88. The molecular weight excluding hydrogens is 288 g/mol. The van der Waals surface area contributed by atoms with Crippen LogP contribution >= 0.6 is 0 Å². The van der Waals surface area contributed by atoms with Crippen molar-refractivity contribution in [2.75, 3.05) is 13.2 Å². The SMILES string of the molecule is CCOC(CCNC(=O)C(N)c1ccc(C)cc1)C1CCCC1. The van der Waals surface area contributed by atoms with Gasteiger partial charge in [-0.1, -0.05) is 42.7 Å². The lowest BCUT2D eigenvalue weighted by Gasteiger charge is -2.23. The fraction of sp³-hybridized carbons (Fsp3) is 0.632. The zero-order chi connectivity index (χ0) is 16.7. The molecule has 1 aromatic carbocycles. The number of hydrogen-bond acceptors (Lipinski definition) is 3. The Morgan fingerprint density at radius 1 is 1.30 bits per heavy atom. The molecule has 2 unspecified atom stereocenters. The zero-order valence-corrected chi connectivity index (χ0v) is 14.4. The van der Waals surface area contributed by atoms with Gasteiger partial charge in [0.25, 0.3) is 0 Å². The number of aryl methyl sites for hydroxylation is 1. The molecule has 1 saturated carbocycles. The maximum atomic E-state index is 12.2. The van der Waals surface area contributed by atoms with Crippen molar-refractivity contribution in [3.63, 3.8) is 0 Å². The summed E-state index contributed by atoms with van der Waals surface area (Å²) in [4.78, 5) is 12.2. The molecule has 4 nitrogen and oxygen atoms in total. The predicted molar refractivity (Wildman–Crippen MR) is 93.1 cm³/mol. The first-order valence-corrected chi connectivity index (χ1v) is 8.83. The number of nitrogens with two attached hydrogens (primary N) is 1. The second kappa shape index (κ2) is 9.04. The third kappa shape index (κ3) is 5.33. The van der Waals surface area contributed by atoms with E-state index in [0.29, 0.717) is 12.5 Å². The lowest BCUT2D eigenvalue weighted by atomic mass is 9.98. The zero-order valence-electron chi connectivity index (χ0n) is 14.4. The molecule has 23 heavy (non-hydrogen) atoms. The van der Waals surface area contributed by atoms with Crippen molar-refractivity contribution < 1.29 is 9.53 Å². The first kappa shape index (κ1) is 18.0. The van der Waals surface area contributed by atoms with E-state index in [2.05, 4.69) is 5.32 Å². The summed E-state index contributed by atoms with van der Waals surface area (Å²) in [5.74, 6) is 0.535. The van der Waals surface area contributed by atoms with Gasteiger partial charge in [0.2, 0.25) is 5.91 Å². The molecule has 128 valence electrons. The maximum absolute atomic E-state index is 12.2. The Morgan fingerprint density at radius 3 is 2.57 bits per heavy atom. The van der Waals surface area contributed by atoms with Crippen LogP contribution in [0.1, 0.15) is 56.2 Å². The van der Waals surface area contributed by atoms with Crippen LogP contribution in [0.25, 0.3) is 0 Å². The van der Waals surface area contributed by atoms with Crippen LogP contribution in [0.3, 0.4) is 0 Å². The number of amides is 1. The van der Waals surface area contributed by atoms with Gasteiger partial charge >= 0.3 is 0 Å². The van der Waals surface area contributed by atoms with E-state index in [1.165, 1.54) is 25.7 Å². The van der Waals surface area contributed by atoms with Gasteiger partial charge in [-0.3, -0.25) is 4.79 Å². The average molecular weight is 318 g/mol. The fourth-order valence-corrected chi connectivity index (χ4v) is 3.37. The monoisotopic (exact) mass is 318 g/mol. The molecule has 0 saturated heterocycles. The summed E-state index contributed by atoms with van der Waals surface area (Å²) in [7, 11) is 0. The van der Waals surface area contributed by atoms with Crippen molar-refractivity contribution in [1.82, 2.24) is 5.32 Å². The van der Waals surface area contributed by atoms with E-state index in [1.54, 1.807) is 0 Å². The van der Waals surface area contributed by atoms with Crippen LogP contribution in [0, 0.1) is 12.8 Å². The van der Waals surface area contributed by atoms with E-state index in [1.807, 2.05) is 38.1 Å². The Labute approximate surface area is 139 Å². The van der Waals surface area contributed by atoms with Gasteiger partial charge in [-0.05, 0) is 44.6 Å². The summed E-state index contributed by atoms with van der Waals surface area (Å²) in [5, 5.41) is 2.96. The molecule has 1 aromatic rings. The van der Waals surface area contributed by atoms with E-state index in [0.717, 1.165) is 24.2 Å². The Hall–Kier alpha value is -1.39. The molecule has 0 spiro atoms. The predicted octanol–water partition coefficient (Wildman–Crippen LogP) is 3.10. The lowest BCUT2D eigenvalue weighted by Crippen LogP contribution is -2.36. The summed E-state index contributed by atoms with van der Waals surface area (Å²) in [6.45, 7) is 5.41. The number of benzene rings is 1. The van der Waals surface area contributed by atoms with Gasteiger partial charge in [0.15, 0.2) is 0 Å². The van der Waals surface area contributed by atoms with Gasteiger partial charge in [-0.2, -0.15) is 0 Å². The highest BCUT2D eigenvalue weighted by molar-refractivity contribution is 5.82. The molecule has 0 bridgehead atoms. The molecule has 1 aliphatic carbocycles. The van der Waals surface area contributed by atoms with Crippen molar-refractivity contribution in [2.45, 2.75) is 58.1 Å². The van der Waals surface area contributed by atoms with Crippen molar-refractivity contribution in [3.8, 4) is 0 Å². The third-order valence-corrected chi connectivity index (χ3v) is 4.75. The highest BCUT2D eigenvalue weighted by Crippen LogP contribution is 2.30. The van der Waals surface area contributed by atoms with Crippen LogP contribution in [-0.2, 0) is 9.53 Å². The van der Waals surface area contributed by atoms with Gasteiger partial charge in [-0.15, -0.1) is 0 Å². The molecule has 1 aliphatic rings. The van der Waals surface area contributed by atoms with E-state index >= 15 is 0 Å². The third-order valence-electron chi connectivity index (χ3n) is 4.75. The van der Waals surface area contributed by atoms with Crippen molar-refractivity contribution in [2.24, 2.45) is 11.7 Å². The molecule has 4 heteroatoms. The van der Waals surface area contributed by atoms with Crippen LogP contribution in [-0.4, -0.2) is 25.2 Å². The first-order valence-electron chi connectivity index (χ1n) is 8.83. The largest absolute Gasteiger partial charge is 0.378 e. The van der Waals surface area contributed by atoms with Crippen molar-refractivity contribution in [1.29, 1.82) is 0 Å². The lowest BCUT2D eigenvalue weighted by molar-refractivity contribution is -0.122. The number of carbonyl (C=O) groups is 1. The fourth-order valence-electron chi connectivity index (χ4n) is 3.37. The average Bonchev–Trinajstić information content (AvgIpc) is 3.08. The Morgan fingerprint density at radius 2 is 1.96 bits per heavy atom. The van der Waals surface area contributed by atoms with E-state index in [9.17, 15) is 4.79 Å². The minimum absolute atomic E-state index is 0.115. The number of rotatable bonds is 8. The van der Waals surface area contributed by atoms with Crippen LogP contribution in [0.15, 0.2) is 24.3 Å². The number of nitrogens with one attached hydrogen (secondary N) is 1. The smallest absolute Gasteiger partial charge is 0.241 e. The minimum atomic E-state index is -0.604.